The molecule has 5 nitrogen and oxygen atoms in total. The first kappa shape index (κ1) is 23.3. The van der Waals surface area contributed by atoms with Crippen molar-refractivity contribution in [2.45, 2.75) is 6.54 Å². The number of carbonyl (C=O) groups is 1. The Balaban J connectivity index is 1.64. The number of carbonyl (C=O) groups excluding carboxylic acids is 1. The molecule has 1 fully saturated rings. The van der Waals surface area contributed by atoms with Crippen molar-refractivity contribution >= 4 is 17.9 Å². The Kier molecular flexibility index (Phi) is 7.45. The molecule has 174 valence electrons. The van der Waals surface area contributed by atoms with Gasteiger partial charge in [0.05, 0.1) is 21.3 Å². The van der Waals surface area contributed by atoms with E-state index >= 15 is 0 Å². The van der Waals surface area contributed by atoms with E-state index in [1.165, 1.54) is 5.56 Å². The predicted molar refractivity (Wildman–Crippen MR) is 135 cm³/mol. The number of piperidine rings is 1. The number of hydrogen-bond donors (Lipinski definition) is 0. The van der Waals surface area contributed by atoms with Crippen LogP contribution in [0.5, 0.6) is 17.2 Å². The average molecular weight is 456 g/mol. The molecule has 1 saturated heterocycles. The highest BCUT2D eigenvalue weighted by molar-refractivity contribution is 6.14. The number of methoxy groups -OCH3 is 3. The van der Waals surface area contributed by atoms with Crippen LogP contribution in [0, 0.1) is 0 Å². The van der Waals surface area contributed by atoms with Crippen LogP contribution in [0.2, 0.25) is 0 Å². The number of ketones is 1. The number of ether oxygens (including phenoxy) is 3. The van der Waals surface area contributed by atoms with Crippen LogP contribution >= 0.6 is 0 Å². The van der Waals surface area contributed by atoms with Gasteiger partial charge in [0, 0.05) is 30.8 Å². The van der Waals surface area contributed by atoms with Crippen molar-refractivity contribution in [1.82, 2.24) is 4.90 Å². The number of hydrogen-bond acceptors (Lipinski definition) is 5. The van der Waals surface area contributed by atoms with E-state index in [2.05, 4.69) is 17.0 Å². The fourth-order valence-electron chi connectivity index (χ4n) is 4.01. The maximum Gasteiger partial charge on any atom is 0.187 e. The molecule has 0 N–H and O–H groups in total. The van der Waals surface area contributed by atoms with Crippen molar-refractivity contribution in [3.05, 3.63) is 101 Å². The molecule has 0 bridgehead atoms. The molecule has 5 heteroatoms. The van der Waals surface area contributed by atoms with Crippen LogP contribution in [-0.2, 0) is 11.3 Å². The van der Waals surface area contributed by atoms with Gasteiger partial charge in [-0.25, -0.2) is 0 Å². The van der Waals surface area contributed by atoms with Crippen LogP contribution < -0.4 is 14.2 Å². The van der Waals surface area contributed by atoms with Gasteiger partial charge in [-0.05, 0) is 65.2 Å². The highest BCUT2D eigenvalue weighted by Gasteiger charge is 2.26. The van der Waals surface area contributed by atoms with Gasteiger partial charge in [0.25, 0.3) is 0 Å². The fourth-order valence-corrected chi connectivity index (χ4v) is 4.01. The van der Waals surface area contributed by atoms with Gasteiger partial charge in [0.15, 0.2) is 5.78 Å². The Labute approximate surface area is 200 Å². The van der Waals surface area contributed by atoms with Crippen molar-refractivity contribution in [2.24, 2.45) is 0 Å². The summed E-state index contributed by atoms with van der Waals surface area (Å²) >= 11 is 0. The second-order valence-electron chi connectivity index (χ2n) is 8.21. The van der Waals surface area contributed by atoms with Crippen molar-refractivity contribution < 1.29 is 19.0 Å². The third-order valence-electron chi connectivity index (χ3n) is 5.85. The zero-order valence-electron chi connectivity index (χ0n) is 19.8. The molecule has 0 aromatic heterocycles. The zero-order chi connectivity index (χ0) is 23.9. The number of rotatable bonds is 7. The molecule has 34 heavy (non-hydrogen) atoms. The van der Waals surface area contributed by atoms with E-state index in [1.807, 2.05) is 72.8 Å². The van der Waals surface area contributed by atoms with Crippen LogP contribution in [0.15, 0.2) is 83.9 Å². The van der Waals surface area contributed by atoms with Crippen LogP contribution in [0.4, 0.5) is 0 Å². The maximum atomic E-state index is 13.4. The molecule has 1 aliphatic rings. The van der Waals surface area contributed by atoms with Crippen LogP contribution in [0.25, 0.3) is 12.2 Å². The van der Waals surface area contributed by atoms with Crippen LogP contribution in [-0.4, -0.2) is 45.1 Å². The first-order chi connectivity index (χ1) is 16.6. The number of nitrogens with zero attached hydrogens (tertiary/aromatic N) is 1. The van der Waals surface area contributed by atoms with Crippen molar-refractivity contribution in [2.75, 3.05) is 34.4 Å². The Bertz CT molecular complexity index is 1110. The van der Waals surface area contributed by atoms with Gasteiger partial charge >= 0.3 is 0 Å². The molecule has 4 rings (SSSR count). The summed E-state index contributed by atoms with van der Waals surface area (Å²) in [6.45, 7) is 1.89. The molecule has 0 spiro atoms. The van der Waals surface area contributed by atoms with Gasteiger partial charge < -0.3 is 14.2 Å². The van der Waals surface area contributed by atoms with Gasteiger partial charge in [0.2, 0.25) is 0 Å². The lowest BCUT2D eigenvalue weighted by molar-refractivity contribution is -0.113. The summed E-state index contributed by atoms with van der Waals surface area (Å²) in [5.74, 6) is 2.49. The van der Waals surface area contributed by atoms with Crippen LogP contribution in [0.3, 0.4) is 0 Å². The zero-order valence-corrected chi connectivity index (χ0v) is 19.8. The Morgan fingerprint density at radius 1 is 0.647 bits per heavy atom. The quantitative estimate of drug-likeness (QED) is 0.455. The van der Waals surface area contributed by atoms with Crippen LogP contribution in [0.1, 0.15) is 16.7 Å². The molecular weight excluding hydrogens is 426 g/mol. The van der Waals surface area contributed by atoms with E-state index < -0.39 is 0 Å². The van der Waals surface area contributed by atoms with Crippen molar-refractivity contribution in [3.63, 3.8) is 0 Å². The molecule has 3 aromatic rings. The maximum absolute atomic E-state index is 13.4. The first-order valence-electron chi connectivity index (χ1n) is 11.2. The second kappa shape index (κ2) is 10.9. The van der Waals surface area contributed by atoms with E-state index in [0.717, 1.165) is 46.1 Å². The molecule has 1 heterocycles. The van der Waals surface area contributed by atoms with E-state index in [4.69, 9.17) is 14.2 Å². The molecule has 0 aliphatic carbocycles. The summed E-state index contributed by atoms with van der Waals surface area (Å²) in [6.07, 6.45) is 3.95. The summed E-state index contributed by atoms with van der Waals surface area (Å²) in [5, 5.41) is 0. The van der Waals surface area contributed by atoms with Gasteiger partial charge in [-0.3, -0.25) is 9.69 Å². The largest absolute Gasteiger partial charge is 0.497 e. The van der Waals surface area contributed by atoms with E-state index in [0.29, 0.717) is 13.1 Å². The fraction of sp³-hybridized carbons (Fsp3) is 0.207. The van der Waals surface area contributed by atoms with E-state index in [-0.39, 0.29) is 5.78 Å². The predicted octanol–water partition coefficient (Wildman–Crippen LogP) is 5.26. The minimum Gasteiger partial charge on any atom is -0.497 e. The molecule has 0 radical (unpaired) electrons. The molecule has 0 saturated carbocycles. The lowest BCUT2D eigenvalue weighted by Gasteiger charge is -2.30. The minimum absolute atomic E-state index is 0.0811. The molecule has 0 atom stereocenters. The Hall–Kier alpha value is -3.83. The van der Waals surface area contributed by atoms with Gasteiger partial charge in [0.1, 0.15) is 17.2 Å². The Morgan fingerprint density at radius 2 is 1.03 bits per heavy atom. The lowest BCUT2D eigenvalue weighted by Crippen LogP contribution is -2.37. The lowest BCUT2D eigenvalue weighted by atomic mass is 9.94. The third-order valence-corrected chi connectivity index (χ3v) is 5.85. The van der Waals surface area contributed by atoms with E-state index in [9.17, 15) is 4.79 Å². The summed E-state index contributed by atoms with van der Waals surface area (Å²) < 4.78 is 15.8. The second-order valence-corrected chi connectivity index (χ2v) is 8.21. The summed E-state index contributed by atoms with van der Waals surface area (Å²) in [7, 11) is 4.95. The summed E-state index contributed by atoms with van der Waals surface area (Å²) in [4.78, 5) is 15.7. The van der Waals surface area contributed by atoms with Gasteiger partial charge in [-0.2, -0.15) is 0 Å². The monoisotopic (exact) mass is 455 g/mol. The molecule has 3 aromatic carbocycles. The standard InChI is InChI=1S/C29H29NO4/c1-32-26-10-4-21(5-11-26)16-24-19-30(18-23-8-14-28(34-3)15-9-23)20-25(29(24)31)17-22-6-12-27(33-2)13-7-22/h4-17H,18-20H2,1-3H3/b24-16+,25-17+. The number of benzene rings is 3. The highest BCUT2D eigenvalue weighted by atomic mass is 16.5. The molecular formula is C29H29NO4. The SMILES string of the molecule is COc1ccc(/C=C2\CN(Cc3ccc(OC)cc3)C/C(=C\c3ccc(OC)cc3)C2=O)cc1. The molecule has 0 amide bonds. The normalized spacial score (nSPS) is 16.6. The number of likely N-dealkylation sites (tertiary alicyclic amines) is 1. The first-order valence-corrected chi connectivity index (χ1v) is 11.2. The topological polar surface area (TPSA) is 48.0 Å². The van der Waals surface area contributed by atoms with Gasteiger partial charge in [-0.15, -0.1) is 0 Å². The van der Waals surface area contributed by atoms with Crippen molar-refractivity contribution in [1.29, 1.82) is 0 Å². The molecule has 1 aliphatic heterocycles. The highest BCUT2D eigenvalue weighted by Crippen LogP contribution is 2.25. The van der Waals surface area contributed by atoms with Crippen molar-refractivity contribution in [3.8, 4) is 17.2 Å². The van der Waals surface area contributed by atoms with Gasteiger partial charge in [-0.1, -0.05) is 36.4 Å². The van der Waals surface area contributed by atoms with E-state index in [1.54, 1.807) is 21.3 Å². The average Bonchev–Trinajstić information content (AvgIpc) is 2.88. The summed E-state index contributed by atoms with van der Waals surface area (Å²) in [6, 6.07) is 23.5. The summed E-state index contributed by atoms with van der Waals surface area (Å²) in [5.41, 5.74) is 4.65. The Morgan fingerprint density at radius 3 is 1.41 bits per heavy atom. The minimum atomic E-state index is 0.0811. The molecule has 0 unspecified atom stereocenters. The third kappa shape index (κ3) is 5.74. The smallest absolute Gasteiger partial charge is 0.187 e. The number of Topliss-reactive ketones (excluding diaryl/α,β-unsaturated/α-hetero) is 1.